The van der Waals surface area contributed by atoms with E-state index >= 15 is 0 Å². The molecule has 0 aliphatic rings. The van der Waals surface area contributed by atoms with Gasteiger partial charge in [0.05, 0.1) is 25.4 Å². The van der Waals surface area contributed by atoms with Crippen molar-refractivity contribution in [3.05, 3.63) is 36.5 Å². The highest BCUT2D eigenvalue weighted by molar-refractivity contribution is 5.76. The van der Waals surface area contributed by atoms with E-state index in [1.807, 2.05) is 0 Å². The summed E-state index contributed by atoms with van der Waals surface area (Å²) >= 11 is 0. The van der Waals surface area contributed by atoms with Crippen molar-refractivity contribution in [3.63, 3.8) is 0 Å². The minimum absolute atomic E-state index is 0.000189. The highest BCUT2D eigenvalue weighted by atomic mass is 16.5. The SMILES string of the molecule is CCC/C=C\C/C=C\CCCCCCCC(=O)OCCCCCCCCCCCCCC/C=C\CCCCCCCCCCCCCC(=O)NC(CO)C(O)CCCCCCCCCCCCCCCCCCCCCCCC. The van der Waals surface area contributed by atoms with E-state index in [4.69, 9.17) is 4.74 Å². The van der Waals surface area contributed by atoms with Crippen LogP contribution in [0.2, 0.25) is 0 Å². The Morgan fingerprint density at radius 3 is 1.03 bits per heavy atom. The molecule has 6 heteroatoms. The molecule has 1 amide bonds. The molecule has 0 radical (unpaired) electrons. The summed E-state index contributed by atoms with van der Waals surface area (Å²) in [5, 5.41) is 23.4. The molecule has 3 N–H and O–H groups in total. The third-order valence-electron chi connectivity index (χ3n) is 16.6. The van der Waals surface area contributed by atoms with Crippen molar-refractivity contribution in [1.29, 1.82) is 0 Å². The van der Waals surface area contributed by atoms with Gasteiger partial charge in [0, 0.05) is 12.8 Å². The van der Waals surface area contributed by atoms with Gasteiger partial charge in [0.15, 0.2) is 0 Å². The summed E-state index contributed by atoms with van der Waals surface area (Å²) in [5.74, 6) is -0.0315. The van der Waals surface area contributed by atoms with Crippen LogP contribution in [0.25, 0.3) is 0 Å². The molecule has 0 aliphatic heterocycles. The van der Waals surface area contributed by atoms with Gasteiger partial charge in [-0.1, -0.05) is 339 Å². The van der Waals surface area contributed by atoms with Gasteiger partial charge in [-0.05, 0) is 77.0 Å². The molecule has 6 nitrogen and oxygen atoms in total. The molecule has 79 heavy (non-hydrogen) atoms. The summed E-state index contributed by atoms with van der Waals surface area (Å²) in [6, 6.07) is -0.544. The number of rotatable bonds is 67. The number of hydrogen-bond donors (Lipinski definition) is 3. The van der Waals surface area contributed by atoms with Crippen LogP contribution in [0.15, 0.2) is 36.5 Å². The van der Waals surface area contributed by atoms with Crippen LogP contribution in [-0.4, -0.2) is 47.4 Å². The maximum atomic E-state index is 12.6. The van der Waals surface area contributed by atoms with Crippen LogP contribution in [0, 0.1) is 0 Å². The fourth-order valence-electron chi connectivity index (χ4n) is 11.2. The van der Waals surface area contributed by atoms with Crippen LogP contribution in [-0.2, 0) is 14.3 Å². The molecule has 0 aromatic rings. The van der Waals surface area contributed by atoms with E-state index in [0.29, 0.717) is 25.9 Å². The molecule has 0 saturated heterocycles. The van der Waals surface area contributed by atoms with Gasteiger partial charge in [0.2, 0.25) is 5.91 Å². The Kier molecular flexibility index (Phi) is 66.9. The Hall–Kier alpha value is -1.92. The summed E-state index contributed by atoms with van der Waals surface area (Å²) in [5.41, 5.74) is 0. The van der Waals surface area contributed by atoms with Gasteiger partial charge in [0.1, 0.15) is 0 Å². The molecule has 0 aromatic heterocycles. The lowest BCUT2D eigenvalue weighted by Crippen LogP contribution is -2.45. The Bertz CT molecular complexity index is 1280. The number of carbonyl (C=O) groups excluding carboxylic acids is 2. The maximum absolute atomic E-state index is 12.6. The zero-order valence-corrected chi connectivity index (χ0v) is 53.4. The normalized spacial score (nSPS) is 12.7. The largest absolute Gasteiger partial charge is 0.466 e. The second kappa shape index (κ2) is 68.6. The highest BCUT2D eigenvalue weighted by Gasteiger charge is 2.20. The van der Waals surface area contributed by atoms with E-state index in [1.54, 1.807) is 0 Å². The van der Waals surface area contributed by atoms with E-state index in [0.717, 1.165) is 51.4 Å². The number of carbonyl (C=O) groups is 2. The minimum Gasteiger partial charge on any atom is -0.466 e. The van der Waals surface area contributed by atoms with Gasteiger partial charge in [-0.25, -0.2) is 0 Å². The van der Waals surface area contributed by atoms with Crippen molar-refractivity contribution < 1.29 is 24.5 Å². The van der Waals surface area contributed by atoms with Crippen LogP contribution in [0.3, 0.4) is 0 Å². The van der Waals surface area contributed by atoms with Crippen LogP contribution in [0.1, 0.15) is 393 Å². The average Bonchev–Trinajstić information content (AvgIpc) is 3.45. The Morgan fingerprint density at radius 1 is 0.354 bits per heavy atom. The smallest absolute Gasteiger partial charge is 0.305 e. The fraction of sp³-hybridized carbons (Fsp3) is 0.890. The predicted octanol–water partition coefficient (Wildman–Crippen LogP) is 23.1. The van der Waals surface area contributed by atoms with Crippen molar-refractivity contribution in [1.82, 2.24) is 5.32 Å². The first kappa shape index (κ1) is 77.1. The van der Waals surface area contributed by atoms with E-state index in [1.165, 1.54) is 308 Å². The average molecular weight is 1110 g/mol. The van der Waals surface area contributed by atoms with Gasteiger partial charge < -0.3 is 20.3 Å². The first-order valence-corrected chi connectivity index (χ1v) is 35.7. The molecular weight excluding hydrogens is 971 g/mol. The van der Waals surface area contributed by atoms with E-state index < -0.39 is 12.1 Å². The van der Waals surface area contributed by atoms with E-state index in [2.05, 4.69) is 55.6 Å². The number of esters is 1. The molecule has 0 bridgehead atoms. The van der Waals surface area contributed by atoms with Crippen molar-refractivity contribution in [2.75, 3.05) is 13.2 Å². The van der Waals surface area contributed by atoms with Crippen LogP contribution >= 0.6 is 0 Å². The number of ether oxygens (including phenoxy) is 1. The fourth-order valence-corrected chi connectivity index (χ4v) is 11.2. The van der Waals surface area contributed by atoms with E-state index in [9.17, 15) is 19.8 Å². The summed E-state index contributed by atoms with van der Waals surface area (Å²) in [7, 11) is 0. The summed E-state index contributed by atoms with van der Waals surface area (Å²) in [6.45, 7) is 4.92. The zero-order chi connectivity index (χ0) is 57.1. The molecule has 0 saturated carbocycles. The molecule has 466 valence electrons. The standard InChI is InChI=1S/C73H139NO5/c1-3-5-7-9-11-13-15-17-18-19-20-21-29-32-35-38-42-45-49-53-57-61-65-71(76)70(69-75)74-72(77)66-62-58-54-50-46-43-39-36-33-30-27-25-23-22-24-26-28-31-34-37-40-44-48-52-56-60-64-68-79-73(78)67-63-59-55-51-47-41-16-14-12-10-8-6-4-2/h8,10,14,16,22-23,70-71,75-76H,3-7,9,11-13,15,17-21,24-69H2,1-2H3,(H,74,77)/b10-8-,16-14-,23-22-. The first-order valence-electron chi connectivity index (χ1n) is 35.7. The lowest BCUT2D eigenvalue weighted by molar-refractivity contribution is -0.143. The van der Waals surface area contributed by atoms with Gasteiger partial charge >= 0.3 is 5.97 Å². The Labute approximate surface area is 494 Å². The topological polar surface area (TPSA) is 95.9 Å². The first-order chi connectivity index (χ1) is 39.0. The van der Waals surface area contributed by atoms with Gasteiger partial charge in [-0.15, -0.1) is 0 Å². The minimum atomic E-state index is -0.666. The second-order valence-corrected chi connectivity index (χ2v) is 24.6. The van der Waals surface area contributed by atoms with Gasteiger partial charge in [-0.3, -0.25) is 9.59 Å². The number of hydrogen-bond acceptors (Lipinski definition) is 5. The summed E-state index contributed by atoms with van der Waals surface area (Å²) in [6.07, 6.45) is 87.7. The van der Waals surface area contributed by atoms with Crippen LogP contribution in [0.5, 0.6) is 0 Å². The summed E-state index contributed by atoms with van der Waals surface area (Å²) < 4.78 is 5.47. The van der Waals surface area contributed by atoms with Crippen molar-refractivity contribution in [2.24, 2.45) is 0 Å². The number of unbranched alkanes of at least 4 members (excludes halogenated alkanes) is 50. The number of amides is 1. The summed E-state index contributed by atoms with van der Waals surface area (Å²) in [4.78, 5) is 24.6. The Balaban J connectivity index is 3.39. The number of aliphatic hydroxyl groups is 2. The Morgan fingerprint density at radius 2 is 0.658 bits per heavy atom. The molecule has 0 aromatic carbocycles. The number of allylic oxidation sites excluding steroid dienone is 6. The molecule has 2 atom stereocenters. The second-order valence-electron chi connectivity index (χ2n) is 24.6. The maximum Gasteiger partial charge on any atom is 0.305 e. The molecule has 0 aliphatic carbocycles. The molecule has 0 rings (SSSR count). The van der Waals surface area contributed by atoms with Crippen LogP contribution in [0.4, 0.5) is 0 Å². The quantitative estimate of drug-likeness (QED) is 0.0320. The number of nitrogens with one attached hydrogen (secondary N) is 1. The number of aliphatic hydroxyl groups excluding tert-OH is 2. The molecular formula is C73H139NO5. The van der Waals surface area contributed by atoms with Crippen molar-refractivity contribution >= 4 is 11.9 Å². The lowest BCUT2D eigenvalue weighted by Gasteiger charge is -2.22. The van der Waals surface area contributed by atoms with Crippen molar-refractivity contribution in [3.8, 4) is 0 Å². The van der Waals surface area contributed by atoms with Gasteiger partial charge in [0.25, 0.3) is 0 Å². The third kappa shape index (κ3) is 65.1. The molecule has 0 fully saturated rings. The molecule has 0 heterocycles. The van der Waals surface area contributed by atoms with Gasteiger partial charge in [-0.2, -0.15) is 0 Å². The molecule has 2 unspecified atom stereocenters. The zero-order valence-electron chi connectivity index (χ0n) is 53.4. The molecule has 0 spiro atoms. The highest BCUT2D eigenvalue weighted by Crippen LogP contribution is 2.19. The monoisotopic (exact) mass is 1110 g/mol. The van der Waals surface area contributed by atoms with E-state index in [-0.39, 0.29) is 18.5 Å². The third-order valence-corrected chi connectivity index (χ3v) is 16.6. The van der Waals surface area contributed by atoms with Crippen molar-refractivity contribution in [2.45, 2.75) is 405 Å². The van der Waals surface area contributed by atoms with Crippen LogP contribution < -0.4 is 5.32 Å². The lowest BCUT2D eigenvalue weighted by atomic mass is 10.0. The predicted molar refractivity (Wildman–Crippen MR) is 347 cm³/mol.